The van der Waals surface area contributed by atoms with Crippen molar-refractivity contribution in [2.45, 2.75) is 51.8 Å². The summed E-state index contributed by atoms with van der Waals surface area (Å²) in [6, 6.07) is 0.994. The summed E-state index contributed by atoms with van der Waals surface area (Å²) in [5.41, 5.74) is 4.33. The van der Waals surface area contributed by atoms with Gasteiger partial charge in [0.1, 0.15) is 11.4 Å². The molecule has 8 nitrogen and oxygen atoms in total. The van der Waals surface area contributed by atoms with Crippen molar-refractivity contribution in [1.29, 1.82) is 0 Å². The largest absolute Gasteiger partial charge is 0.574 e. The summed E-state index contributed by atoms with van der Waals surface area (Å²) in [4.78, 5) is 19.7. The van der Waals surface area contributed by atoms with E-state index in [1.165, 1.54) is 0 Å². The van der Waals surface area contributed by atoms with Crippen molar-refractivity contribution in [3.8, 4) is 0 Å². The minimum Gasteiger partial charge on any atom is -0.395 e. The normalized spacial score (nSPS) is 18.5. The van der Waals surface area contributed by atoms with E-state index < -0.39 is 41.8 Å². The van der Waals surface area contributed by atoms with E-state index >= 15 is 0 Å². The van der Waals surface area contributed by atoms with E-state index in [0.717, 1.165) is 20.2 Å². The molecule has 0 fully saturated rings. The highest BCUT2D eigenvalue weighted by Gasteiger charge is 2.34. The van der Waals surface area contributed by atoms with Crippen molar-refractivity contribution in [3.63, 3.8) is 0 Å². The predicted octanol–water partition coefficient (Wildman–Crippen LogP) is 3.91. The number of fused-ring (bicyclic) bond motifs is 1. The van der Waals surface area contributed by atoms with Gasteiger partial charge in [-0.2, -0.15) is 18.3 Å². The van der Waals surface area contributed by atoms with Crippen molar-refractivity contribution in [2.24, 2.45) is 21.6 Å². The molecule has 0 saturated heterocycles. The lowest BCUT2D eigenvalue weighted by Crippen LogP contribution is -2.37. The smallest absolute Gasteiger partial charge is 0.395 e. The molecule has 1 atom stereocenters. The zero-order valence-electron chi connectivity index (χ0n) is 19.5. The van der Waals surface area contributed by atoms with Crippen LogP contribution >= 0.6 is 0 Å². The molecule has 14 heteroatoms. The number of nitrogens with one attached hydrogen (secondary N) is 1. The molecular weight excluding hydrogens is 482 g/mol. The molecule has 0 radical (unpaired) electrons. The van der Waals surface area contributed by atoms with Crippen molar-refractivity contribution in [1.82, 2.24) is 15.1 Å². The number of carbonyl (C=O) groups is 1. The quantitative estimate of drug-likeness (QED) is 0.345. The Hall–Kier alpha value is -3.32. The summed E-state index contributed by atoms with van der Waals surface area (Å²) in [7, 11) is 2.32. The molecule has 194 valence electrons. The van der Waals surface area contributed by atoms with E-state index in [4.69, 9.17) is 5.73 Å². The number of amides is 1. The van der Waals surface area contributed by atoms with E-state index in [-0.39, 0.29) is 5.92 Å². The fourth-order valence-electron chi connectivity index (χ4n) is 3.39. The first kappa shape index (κ1) is 27.9. The lowest BCUT2D eigenvalue weighted by Gasteiger charge is -2.24. The summed E-state index contributed by atoms with van der Waals surface area (Å²) in [5, 5.41) is 7.09. The average Bonchev–Trinajstić information content (AvgIpc) is 3.17. The molecule has 1 aliphatic heterocycles. The minimum absolute atomic E-state index is 0.261. The number of aryl methyl sites for hydroxylation is 1. The molecular formula is C21H26F6N6O2. The molecule has 35 heavy (non-hydrogen) atoms. The predicted molar refractivity (Wildman–Crippen MR) is 117 cm³/mol. The van der Waals surface area contributed by atoms with E-state index in [0.29, 0.717) is 42.4 Å². The Morgan fingerprint density at radius 2 is 1.89 bits per heavy atom. The fraction of sp³-hybridized carbons (Fsp3) is 0.524. The summed E-state index contributed by atoms with van der Waals surface area (Å²) >= 11 is 0. The van der Waals surface area contributed by atoms with Gasteiger partial charge in [-0.1, -0.05) is 13.8 Å². The number of aliphatic imine (C=N–C) groups is 2. The van der Waals surface area contributed by atoms with Crippen LogP contribution in [0.25, 0.3) is 5.57 Å². The van der Waals surface area contributed by atoms with Crippen LogP contribution in [0.5, 0.6) is 0 Å². The molecule has 1 amide bonds. The molecule has 1 unspecified atom stereocenters. The summed E-state index contributed by atoms with van der Waals surface area (Å²) in [5.74, 6) is -1.77. The molecule has 0 aliphatic carbocycles. The van der Waals surface area contributed by atoms with Gasteiger partial charge in [0.25, 0.3) is 5.91 Å². The zero-order chi connectivity index (χ0) is 26.6. The fourth-order valence-corrected chi connectivity index (χ4v) is 3.39. The molecule has 1 aromatic rings. The molecule has 1 aromatic heterocycles. The number of allylic oxidation sites excluding steroid dienone is 2. The number of nitrogens with two attached hydrogens (primary N) is 1. The standard InChI is InChI=1S/C21H26F6N6O2/c1-11(2)12(8-18(30-4)35-21(25,26)27)14-9-16-13(6-5-7-33(16)32-14)31-19(34)15(29-3)10-17(28)20(22,23)24/h8-11,13H,5-7,28H2,1-4H3,(H,31,34)/b12-8+,17-10-,29-15?,30-18?. The van der Waals surface area contributed by atoms with Crippen molar-refractivity contribution < 1.29 is 35.9 Å². The van der Waals surface area contributed by atoms with Crippen LogP contribution in [0.15, 0.2) is 33.9 Å². The monoisotopic (exact) mass is 508 g/mol. The molecule has 3 N–H and O–H groups in total. The van der Waals surface area contributed by atoms with Crippen LogP contribution in [0.2, 0.25) is 0 Å². The van der Waals surface area contributed by atoms with Gasteiger partial charge in [0.2, 0.25) is 5.90 Å². The van der Waals surface area contributed by atoms with Crippen LogP contribution in [-0.2, 0) is 16.1 Å². The van der Waals surface area contributed by atoms with Crippen molar-refractivity contribution in [2.75, 3.05) is 14.1 Å². The molecule has 1 aliphatic rings. The Balaban J connectivity index is 2.35. The van der Waals surface area contributed by atoms with Gasteiger partial charge in [-0.05, 0) is 36.5 Å². The number of hydrogen-bond acceptors (Lipinski definition) is 6. The number of aromatic nitrogens is 2. The molecule has 0 spiro atoms. The molecule has 0 aromatic carbocycles. The summed E-state index contributed by atoms with van der Waals surface area (Å²) in [6.07, 6.45) is -7.08. The minimum atomic E-state index is -4.92. The van der Waals surface area contributed by atoms with E-state index in [2.05, 4.69) is 25.1 Å². The summed E-state index contributed by atoms with van der Waals surface area (Å²) < 4.78 is 81.7. The van der Waals surface area contributed by atoms with Crippen LogP contribution in [0.3, 0.4) is 0 Å². The maximum Gasteiger partial charge on any atom is 0.574 e. The second-order valence-electron chi connectivity index (χ2n) is 7.92. The molecule has 2 heterocycles. The Morgan fingerprint density at radius 1 is 1.23 bits per heavy atom. The van der Waals surface area contributed by atoms with Crippen LogP contribution in [-0.4, -0.2) is 53.9 Å². The van der Waals surface area contributed by atoms with Crippen LogP contribution < -0.4 is 11.1 Å². The highest BCUT2D eigenvalue weighted by molar-refractivity contribution is 6.43. The Bertz CT molecular complexity index is 1050. The maximum absolute atomic E-state index is 12.7. The molecule has 0 saturated carbocycles. The first-order chi connectivity index (χ1) is 16.2. The maximum atomic E-state index is 12.7. The van der Waals surface area contributed by atoms with E-state index in [1.807, 2.05) is 0 Å². The Labute approximate surface area is 197 Å². The number of hydrogen-bond donors (Lipinski definition) is 2. The number of ether oxygens (including phenoxy) is 1. The number of nitrogens with zero attached hydrogens (tertiary/aromatic N) is 4. The first-order valence-corrected chi connectivity index (χ1v) is 10.5. The van der Waals surface area contributed by atoms with E-state index in [1.54, 1.807) is 24.6 Å². The van der Waals surface area contributed by atoms with Gasteiger partial charge >= 0.3 is 12.5 Å². The number of halogens is 6. The molecule has 2 rings (SSSR count). The Kier molecular flexibility index (Phi) is 8.74. The lowest BCUT2D eigenvalue weighted by atomic mass is 9.97. The average molecular weight is 508 g/mol. The van der Waals surface area contributed by atoms with Gasteiger partial charge in [-0.15, -0.1) is 13.2 Å². The number of rotatable bonds is 6. The third-order valence-corrected chi connectivity index (χ3v) is 5.07. The van der Waals surface area contributed by atoms with Gasteiger partial charge in [0.15, 0.2) is 0 Å². The highest BCUT2D eigenvalue weighted by Crippen LogP contribution is 2.31. The second-order valence-corrected chi connectivity index (χ2v) is 7.92. The van der Waals surface area contributed by atoms with Gasteiger partial charge in [-0.25, -0.2) is 0 Å². The third kappa shape index (κ3) is 7.59. The first-order valence-electron chi connectivity index (χ1n) is 10.5. The second kappa shape index (κ2) is 11.0. The van der Waals surface area contributed by atoms with Gasteiger partial charge in [0.05, 0.1) is 17.4 Å². The topological polar surface area (TPSA) is 107 Å². The van der Waals surface area contributed by atoms with E-state index in [9.17, 15) is 31.1 Å². The summed E-state index contributed by atoms with van der Waals surface area (Å²) in [6.45, 7) is 3.99. The zero-order valence-corrected chi connectivity index (χ0v) is 19.5. The molecule has 0 bridgehead atoms. The van der Waals surface area contributed by atoms with Crippen LogP contribution in [0.1, 0.15) is 44.1 Å². The number of carbonyl (C=O) groups excluding carboxylic acids is 1. The highest BCUT2D eigenvalue weighted by atomic mass is 19.4. The SMILES string of the molecule is CN=C(/C=C(/c1cc2n(n1)CCCC2NC(=O)C(/C=C(\N)C(F)(F)F)=NC)C(C)C)OC(F)(F)F. The lowest BCUT2D eigenvalue weighted by molar-refractivity contribution is -0.282. The van der Waals surface area contributed by atoms with Gasteiger partial charge in [0, 0.05) is 26.7 Å². The van der Waals surface area contributed by atoms with Gasteiger partial charge < -0.3 is 15.8 Å². The van der Waals surface area contributed by atoms with Gasteiger partial charge in [-0.3, -0.25) is 19.5 Å². The van der Waals surface area contributed by atoms with Crippen molar-refractivity contribution >= 4 is 23.1 Å². The van der Waals surface area contributed by atoms with Crippen molar-refractivity contribution in [3.05, 3.63) is 35.3 Å². The number of alkyl halides is 6. The van der Waals surface area contributed by atoms with Crippen LogP contribution in [0, 0.1) is 5.92 Å². The van der Waals surface area contributed by atoms with Crippen LogP contribution in [0.4, 0.5) is 26.3 Å². The third-order valence-electron chi connectivity index (χ3n) is 5.07. The Morgan fingerprint density at radius 3 is 2.40 bits per heavy atom.